The van der Waals surface area contributed by atoms with Crippen molar-refractivity contribution >= 4 is 28.0 Å². The number of ether oxygens (including phenoxy) is 1. The van der Waals surface area contributed by atoms with E-state index in [1.807, 2.05) is 58.0 Å². The lowest BCUT2D eigenvalue weighted by Crippen LogP contribution is -2.37. The maximum absolute atomic E-state index is 13.6. The number of fused-ring (bicyclic) bond motifs is 2. The summed E-state index contributed by atoms with van der Waals surface area (Å²) in [6, 6.07) is 10.8. The first-order valence-electron chi connectivity index (χ1n) is 14.7. The van der Waals surface area contributed by atoms with Crippen LogP contribution in [0.5, 0.6) is 0 Å². The monoisotopic (exact) mass is 590 g/mol. The van der Waals surface area contributed by atoms with Crippen LogP contribution in [0.15, 0.2) is 81.3 Å². The van der Waals surface area contributed by atoms with Gasteiger partial charge in [0.2, 0.25) is 5.43 Å². The quantitative estimate of drug-likeness (QED) is 0.160. The zero-order valence-electron chi connectivity index (χ0n) is 25.3. The Kier molecular flexibility index (Phi) is 6.55. The van der Waals surface area contributed by atoms with Crippen LogP contribution in [-0.4, -0.2) is 49.6 Å². The highest BCUT2D eigenvalue weighted by Gasteiger charge is 2.34. The first-order chi connectivity index (χ1) is 21.0. The summed E-state index contributed by atoms with van der Waals surface area (Å²) in [6.07, 6.45) is 7.31. The molecular formula is C34H34N6O4. The van der Waals surface area contributed by atoms with Crippen LogP contribution in [0.2, 0.25) is 0 Å². The molecule has 5 aromatic rings. The smallest absolute Gasteiger partial charge is 0.411 e. The Hall–Kier alpha value is -4.96. The standard InChI is InChI=1S/C34H34N6O4/c1-18-10-24(35-14-18)31-36-15-26(38-31)21-6-8-22-29(13-21)43-28-9-7-20(12-23(28)30(22)41)25-16-37-32(39-25)27-11-19(2)17-40(27)33(42)44-34(3,4)5/h6-13,15-16,24,27,35H,14,17H2,1-5H3,(H,36,38)(H,37,39)/t24?,27-/m0/s1. The summed E-state index contributed by atoms with van der Waals surface area (Å²) in [6.45, 7) is 10.9. The number of imidazole rings is 2. The molecule has 224 valence electrons. The molecule has 2 aliphatic rings. The normalized spacial score (nSPS) is 18.7. The SMILES string of the molecule is CC1=CC(c2ncc(-c3ccc4c(=O)c5cc(-c6cnc([C@@H]7C=C(C)CN7C(=O)OC(C)(C)C)[nH]6)ccc5oc4c3)[nH]2)NC1. The number of benzene rings is 2. The summed E-state index contributed by atoms with van der Waals surface area (Å²) in [4.78, 5) is 44.1. The summed E-state index contributed by atoms with van der Waals surface area (Å²) in [5, 5.41) is 4.39. The maximum atomic E-state index is 13.6. The van der Waals surface area contributed by atoms with E-state index in [1.165, 1.54) is 5.57 Å². The van der Waals surface area contributed by atoms with Gasteiger partial charge in [-0.15, -0.1) is 0 Å². The van der Waals surface area contributed by atoms with Crippen LogP contribution in [0.3, 0.4) is 0 Å². The number of aromatic amines is 2. The Balaban J connectivity index is 1.18. The van der Waals surface area contributed by atoms with Crippen molar-refractivity contribution in [3.8, 4) is 22.5 Å². The predicted molar refractivity (Wildman–Crippen MR) is 169 cm³/mol. The average Bonchev–Trinajstić information content (AvgIpc) is 3.78. The van der Waals surface area contributed by atoms with Gasteiger partial charge in [-0.25, -0.2) is 14.8 Å². The van der Waals surface area contributed by atoms with Crippen LogP contribution in [0.25, 0.3) is 44.5 Å². The highest BCUT2D eigenvalue weighted by molar-refractivity contribution is 5.93. The van der Waals surface area contributed by atoms with Crippen molar-refractivity contribution in [3.05, 3.63) is 94.0 Å². The van der Waals surface area contributed by atoms with Gasteiger partial charge in [0.15, 0.2) is 0 Å². The molecule has 0 spiro atoms. The summed E-state index contributed by atoms with van der Waals surface area (Å²) in [7, 11) is 0. The minimum atomic E-state index is -0.600. The van der Waals surface area contributed by atoms with Gasteiger partial charge in [-0.05, 0) is 65.0 Å². The van der Waals surface area contributed by atoms with E-state index in [1.54, 1.807) is 29.4 Å². The first kappa shape index (κ1) is 27.8. The van der Waals surface area contributed by atoms with Crippen molar-refractivity contribution < 1.29 is 13.9 Å². The van der Waals surface area contributed by atoms with Gasteiger partial charge in [-0.1, -0.05) is 29.4 Å². The lowest BCUT2D eigenvalue weighted by molar-refractivity contribution is 0.0232. The van der Waals surface area contributed by atoms with E-state index in [2.05, 4.69) is 38.3 Å². The van der Waals surface area contributed by atoms with Crippen molar-refractivity contribution in [1.82, 2.24) is 30.2 Å². The van der Waals surface area contributed by atoms with E-state index in [4.69, 9.17) is 9.15 Å². The molecule has 0 aliphatic carbocycles. The predicted octanol–water partition coefficient (Wildman–Crippen LogP) is 6.56. The molecular weight excluding hydrogens is 556 g/mol. The van der Waals surface area contributed by atoms with Crippen molar-refractivity contribution in [2.45, 2.75) is 52.3 Å². The molecule has 0 fully saturated rings. The zero-order chi connectivity index (χ0) is 30.7. The Labute approximate surface area is 253 Å². The second-order valence-electron chi connectivity index (χ2n) is 12.7. The molecule has 5 heterocycles. The number of carbonyl (C=O) groups excluding carboxylic acids is 1. The molecule has 0 saturated heterocycles. The fourth-order valence-electron chi connectivity index (χ4n) is 5.82. The number of hydrogen-bond acceptors (Lipinski definition) is 7. The summed E-state index contributed by atoms with van der Waals surface area (Å²) in [5.41, 5.74) is 5.90. The molecule has 0 bridgehead atoms. The summed E-state index contributed by atoms with van der Waals surface area (Å²) < 4.78 is 11.9. The van der Waals surface area contributed by atoms with E-state index in [0.29, 0.717) is 34.3 Å². The van der Waals surface area contributed by atoms with Gasteiger partial charge in [-0.2, -0.15) is 0 Å². The lowest BCUT2D eigenvalue weighted by atomic mass is 10.1. The van der Waals surface area contributed by atoms with Gasteiger partial charge >= 0.3 is 6.09 Å². The van der Waals surface area contributed by atoms with Gasteiger partial charge in [0.1, 0.15) is 34.5 Å². The molecule has 10 nitrogen and oxygen atoms in total. The van der Waals surface area contributed by atoms with E-state index in [9.17, 15) is 9.59 Å². The molecule has 44 heavy (non-hydrogen) atoms. The van der Waals surface area contributed by atoms with Crippen LogP contribution in [0.4, 0.5) is 4.79 Å². The van der Waals surface area contributed by atoms with E-state index >= 15 is 0 Å². The second-order valence-corrected chi connectivity index (χ2v) is 12.7. The summed E-state index contributed by atoms with van der Waals surface area (Å²) >= 11 is 0. The second kappa shape index (κ2) is 10.3. The number of nitrogens with one attached hydrogen (secondary N) is 3. The molecule has 1 amide bonds. The Morgan fingerprint density at radius 1 is 0.909 bits per heavy atom. The van der Waals surface area contributed by atoms with Gasteiger partial charge in [0.25, 0.3) is 0 Å². The van der Waals surface area contributed by atoms with E-state index in [-0.39, 0.29) is 17.5 Å². The van der Waals surface area contributed by atoms with Crippen molar-refractivity contribution in [2.24, 2.45) is 0 Å². The van der Waals surface area contributed by atoms with Gasteiger partial charge in [0.05, 0.1) is 40.6 Å². The fraction of sp³-hybridized carbons (Fsp3) is 0.294. The van der Waals surface area contributed by atoms with Crippen LogP contribution < -0.4 is 10.7 Å². The number of rotatable bonds is 4. The molecule has 1 unspecified atom stereocenters. The van der Waals surface area contributed by atoms with E-state index in [0.717, 1.165) is 40.5 Å². The van der Waals surface area contributed by atoms with E-state index < -0.39 is 11.7 Å². The molecule has 3 aromatic heterocycles. The zero-order valence-corrected chi connectivity index (χ0v) is 25.3. The maximum Gasteiger partial charge on any atom is 0.411 e. The summed E-state index contributed by atoms with van der Waals surface area (Å²) in [5.74, 6) is 1.47. The molecule has 2 aromatic carbocycles. The Morgan fingerprint density at radius 2 is 1.61 bits per heavy atom. The molecule has 7 rings (SSSR count). The largest absolute Gasteiger partial charge is 0.456 e. The van der Waals surface area contributed by atoms with Crippen molar-refractivity contribution in [3.63, 3.8) is 0 Å². The van der Waals surface area contributed by atoms with Gasteiger partial charge < -0.3 is 24.4 Å². The highest BCUT2D eigenvalue weighted by atomic mass is 16.6. The topological polar surface area (TPSA) is 129 Å². The number of H-pyrrole nitrogens is 2. The van der Waals surface area contributed by atoms with Crippen LogP contribution in [0, 0.1) is 0 Å². The fourth-order valence-corrected chi connectivity index (χ4v) is 5.82. The van der Waals surface area contributed by atoms with Crippen LogP contribution >= 0.6 is 0 Å². The van der Waals surface area contributed by atoms with Gasteiger partial charge in [0, 0.05) is 24.2 Å². The minimum absolute atomic E-state index is 0.0638. The Bertz CT molecular complexity index is 2060. The van der Waals surface area contributed by atoms with Crippen LogP contribution in [-0.2, 0) is 4.74 Å². The third kappa shape index (κ3) is 5.11. The number of aromatic nitrogens is 4. The number of carbonyl (C=O) groups is 1. The van der Waals surface area contributed by atoms with Crippen LogP contribution in [0.1, 0.15) is 58.4 Å². The molecule has 2 aliphatic heterocycles. The molecule has 0 radical (unpaired) electrons. The molecule has 2 atom stereocenters. The first-order valence-corrected chi connectivity index (χ1v) is 14.7. The van der Waals surface area contributed by atoms with Gasteiger partial charge in [-0.3, -0.25) is 9.69 Å². The molecule has 3 N–H and O–H groups in total. The molecule has 10 heteroatoms. The third-order valence-corrected chi connectivity index (χ3v) is 7.94. The number of amides is 1. The number of nitrogens with zero attached hydrogens (tertiary/aromatic N) is 3. The molecule has 0 saturated carbocycles. The average molecular weight is 591 g/mol. The highest BCUT2D eigenvalue weighted by Crippen LogP contribution is 2.33. The lowest BCUT2D eigenvalue weighted by Gasteiger charge is -2.27. The Morgan fingerprint density at radius 3 is 2.34 bits per heavy atom. The van der Waals surface area contributed by atoms with Crippen molar-refractivity contribution in [2.75, 3.05) is 13.1 Å². The third-order valence-electron chi connectivity index (χ3n) is 7.94. The van der Waals surface area contributed by atoms with Crippen molar-refractivity contribution in [1.29, 1.82) is 0 Å². The minimum Gasteiger partial charge on any atom is -0.456 e. The number of hydrogen-bond donors (Lipinski definition) is 3.